The number of aliphatic hydroxyl groups is 1. The molecule has 0 saturated carbocycles. The highest BCUT2D eigenvalue weighted by Gasteiger charge is 2.19. The summed E-state index contributed by atoms with van der Waals surface area (Å²) in [5.41, 5.74) is 1.06. The van der Waals surface area contributed by atoms with Gasteiger partial charge < -0.3 is 10.4 Å². The number of benzene rings is 1. The lowest BCUT2D eigenvalue weighted by atomic mass is 9.93. The first-order valence-corrected chi connectivity index (χ1v) is 6.62. The molecule has 3 nitrogen and oxygen atoms in total. The molecule has 0 aliphatic carbocycles. The number of hydrogen-bond acceptors (Lipinski definition) is 2. The third-order valence-corrected chi connectivity index (χ3v) is 3.03. The minimum Gasteiger partial charge on any atom is -0.396 e. The van der Waals surface area contributed by atoms with Crippen LogP contribution in [0, 0.1) is 5.92 Å². The Morgan fingerprint density at radius 1 is 1.33 bits per heavy atom. The molecular weight excluding hydrogens is 226 g/mol. The number of nitrogens with one attached hydrogen (secondary N) is 1. The summed E-state index contributed by atoms with van der Waals surface area (Å²) in [6.45, 7) is 4.63. The van der Waals surface area contributed by atoms with Crippen LogP contribution in [0.4, 0.5) is 0 Å². The van der Waals surface area contributed by atoms with Crippen molar-refractivity contribution in [1.29, 1.82) is 0 Å². The van der Waals surface area contributed by atoms with Crippen LogP contribution in [0.2, 0.25) is 0 Å². The molecular formula is C15H23NO2. The lowest BCUT2D eigenvalue weighted by molar-refractivity contribution is -0.122. The molecule has 0 spiro atoms. The molecule has 0 aromatic heterocycles. The van der Waals surface area contributed by atoms with E-state index in [4.69, 9.17) is 5.11 Å². The smallest absolute Gasteiger partial charge is 0.227 e. The second kappa shape index (κ2) is 7.88. The van der Waals surface area contributed by atoms with Crippen molar-refractivity contribution in [3.63, 3.8) is 0 Å². The Hall–Kier alpha value is -1.35. The average molecular weight is 249 g/mol. The minimum absolute atomic E-state index is 0.0587. The number of carbonyl (C=O) groups is 1. The van der Waals surface area contributed by atoms with E-state index in [-0.39, 0.29) is 24.3 Å². The summed E-state index contributed by atoms with van der Waals surface area (Å²) < 4.78 is 0. The van der Waals surface area contributed by atoms with E-state index in [0.29, 0.717) is 6.54 Å². The van der Waals surface area contributed by atoms with Crippen LogP contribution in [0.5, 0.6) is 0 Å². The van der Waals surface area contributed by atoms with Gasteiger partial charge in [0.15, 0.2) is 0 Å². The maximum Gasteiger partial charge on any atom is 0.227 e. The Kier molecular flexibility index (Phi) is 6.44. The van der Waals surface area contributed by atoms with Gasteiger partial charge in [0.1, 0.15) is 0 Å². The van der Waals surface area contributed by atoms with Crippen molar-refractivity contribution in [3.05, 3.63) is 35.9 Å². The minimum atomic E-state index is -0.0814. The normalized spacial score (nSPS) is 13.9. The summed E-state index contributed by atoms with van der Waals surface area (Å²) >= 11 is 0. The number of aliphatic hydroxyl groups excluding tert-OH is 1. The van der Waals surface area contributed by atoms with Crippen LogP contribution in [-0.4, -0.2) is 24.2 Å². The first-order valence-electron chi connectivity index (χ1n) is 6.62. The van der Waals surface area contributed by atoms with E-state index in [1.54, 1.807) is 0 Å². The summed E-state index contributed by atoms with van der Waals surface area (Å²) in [4.78, 5) is 12.2. The highest BCUT2D eigenvalue weighted by atomic mass is 16.3. The van der Waals surface area contributed by atoms with E-state index < -0.39 is 0 Å². The maximum atomic E-state index is 12.2. The molecule has 2 N–H and O–H groups in total. The predicted molar refractivity (Wildman–Crippen MR) is 73.4 cm³/mol. The Bertz CT molecular complexity index is 351. The number of hydrogen-bond donors (Lipinski definition) is 2. The molecule has 1 aromatic rings. The fraction of sp³-hybridized carbons (Fsp3) is 0.533. The average Bonchev–Trinajstić information content (AvgIpc) is 2.42. The largest absolute Gasteiger partial charge is 0.396 e. The molecule has 0 heterocycles. The first kappa shape index (κ1) is 14.7. The maximum absolute atomic E-state index is 12.2. The molecule has 100 valence electrons. The van der Waals surface area contributed by atoms with E-state index in [1.165, 1.54) is 0 Å². The van der Waals surface area contributed by atoms with Gasteiger partial charge in [0.05, 0.1) is 5.92 Å². The fourth-order valence-electron chi connectivity index (χ4n) is 1.89. The van der Waals surface area contributed by atoms with Crippen molar-refractivity contribution in [3.8, 4) is 0 Å². The topological polar surface area (TPSA) is 49.3 Å². The molecule has 1 aromatic carbocycles. The third kappa shape index (κ3) is 4.49. The molecule has 3 heteroatoms. The van der Waals surface area contributed by atoms with Gasteiger partial charge in [-0.25, -0.2) is 0 Å². The van der Waals surface area contributed by atoms with E-state index in [9.17, 15) is 4.79 Å². The first-order chi connectivity index (χ1) is 8.69. The molecule has 0 fully saturated rings. The molecule has 0 radical (unpaired) electrons. The van der Waals surface area contributed by atoms with E-state index in [0.717, 1.165) is 18.4 Å². The van der Waals surface area contributed by atoms with Crippen molar-refractivity contribution in [1.82, 2.24) is 5.32 Å². The summed E-state index contributed by atoms with van der Waals surface area (Å²) in [5, 5.41) is 11.9. The zero-order chi connectivity index (χ0) is 13.4. The predicted octanol–water partition coefficient (Wildman–Crippen LogP) is 2.31. The quantitative estimate of drug-likeness (QED) is 0.779. The van der Waals surface area contributed by atoms with Gasteiger partial charge in [0.2, 0.25) is 5.91 Å². The molecule has 1 rings (SSSR count). The van der Waals surface area contributed by atoms with Crippen molar-refractivity contribution in [2.75, 3.05) is 13.2 Å². The van der Waals surface area contributed by atoms with Crippen LogP contribution in [0.3, 0.4) is 0 Å². The van der Waals surface area contributed by atoms with Crippen LogP contribution in [0.15, 0.2) is 30.3 Å². The van der Waals surface area contributed by atoms with E-state index in [2.05, 4.69) is 12.2 Å². The molecule has 0 unspecified atom stereocenters. The third-order valence-electron chi connectivity index (χ3n) is 3.03. The van der Waals surface area contributed by atoms with Gasteiger partial charge in [-0.05, 0) is 17.9 Å². The summed E-state index contributed by atoms with van der Waals surface area (Å²) in [6.07, 6.45) is 1.83. The Labute approximate surface area is 109 Å². The SMILES string of the molecule is CCC[C@H](C(=O)NC[C@H](C)CO)c1ccccc1. The van der Waals surface area contributed by atoms with Gasteiger partial charge in [-0.2, -0.15) is 0 Å². The van der Waals surface area contributed by atoms with Crippen LogP contribution in [0.25, 0.3) is 0 Å². The monoisotopic (exact) mass is 249 g/mol. The Morgan fingerprint density at radius 2 is 2.00 bits per heavy atom. The van der Waals surface area contributed by atoms with Gasteiger partial charge in [0.25, 0.3) is 0 Å². The number of rotatable bonds is 7. The second-order valence-corrected chi connectivity index (χ2v) is 4.78. The molecule has 18 heavy (non-hydrogen) atoms. The fourth-order valence-corrected chi connectivity index (χ4v) is 1.89. The molecule has 0 aliphatic heterocycles. The number of carbonyl (C=O) groups excluding carboxylic acids is 1. The van der Waals surface area contributed by atoms with Crippen LogP contribution < -0.4 is 5.32 Å². The molecule has 2 atom stereocenters. The lowest BCUT2D eigenvalue weighted by Crippen LogP contribution is -2.33. The van der Waals surface area contributed by atoms with Crippen molar-refractivity contribution in [2.45, 2.75) is 32.6 Å². The Balaban J connectivity index is 2.64. The zero-order valence-electron chi connectivity index (χ0n) is 11.2. The summed E-state index contributed by atoms with van der Waals surface area (Å²) in [7, 11) is 0. The molecule has 1 amide bonds. The van der Waals surface area contributed by atoms with E-state index in [1.807, 2.05) is 37.3 Å². The molecule has 0 aliphatic rings. The van der Waals surface area contributed by atoms with Gasteiger partial charge in [-0.15, -0.1) is 0 Å². The summed E-state index contributed by atoms with van der Waals surface area (Å²) in [6, 6.07) is 9.87. The highest BCUT2D eigenvalue weighted by Crippen LogP contribution is 2.21. The highest BCUT2D eigenvalue weighted by molar-refractivity contribution is 5.83. The molecule has 0 bridgehead atoms. The summed E-state index contributed by atoms with van der Waals surface area (Å²) in [5.74, 6) is 0.0810. The molecule has 0 saturated heterocycles. The second-order valence-electron chi connectivity index (χ2n) is 4.78. The standard InChI is InChI=1S/C15H23NO2/c1-3-7-14(13-8-5-4-6-9-13)15(18)16-10-12(2)11-17/h4-6,8-9,12,14,17H,3,7,10-11H2,1-2H3,(H,16,18)/t12-,14-/m0/s1. The van der Waals surface area contributed by atoms with Crippen molar-refractivity contribution in [2.24, 2.45) is 5.92 Å². The zero-order valence-corrected chi connectivity index (χ0v) is 11.2. The van der Waals surface area contributed by atoms with Gasteiger partial charge in [0, 0.05) is 13.2 Å². The van der Waals surface area contributed by atoms with Crippen molar-refractivity contribution >= 4 is 5.91 Å². The van der Waals surface area contributed by atoms with Gasteiger partial charge in [-0.1, -0.05) is 50.6 Å². The van der Waals surface area contributed by atoms with Crippen LogP contribution in [0.1, 0.15) is 38.2 Å². The number of amides is 1. The van der Waals surface area contributed by atoms with Crippen LogP contribution >= 0.6 is 0 Å². The van der Waals surface area contributed by atoms with Gasteiger partial charge >= 0.3 is 0 Å². The van der Waals surface area contributed by atoms with E-state index >= 15 is 0 Å². The van der Waals surface area contributed by atoms with Crippen LogP contribution in [-0.2, 0) is 4.79 Å². The lowest BCUT2D eigenvalue weighted by Gasteiger charge is -2.18. The van der Waals surface area contributed by atoms with Gasteiger partial charge in [-0.3, -0.25) is 4.79 Å². The van der Waals surface area contributed by atoms with Crippen molar-refractivity contribution < 1.29 is 9.90 Å². The Morgan fingerprint density at radius 3 is 2.56 bits per heavy atom.